The van der Waals surface area contributed by atoms with Crippen molar-refractivity contribution < 1.29 is 9.59 Å². The summed E-state index contributed by atoms with van der Waals surface area (Å²) in [5.41, 5.74) is 1.99. The number of benzene rings is 3. The van der Waals surface area contributed by atoms with Crippen molar-refractivity contribution >= 4 is 58.2 Å². The number of halogens is 4. The number of rotatable bonds is 10. The fourth-order valence-corrected chi connectivity index (χ4v) is 4.78. The highest BCUT2D eigenvalue weighted by Gasteiger charge is 2.31. The van der Waals surface area contributed by atoms with Crippen molar-refractivity contribution in [1.29, 1.82) is 0 Å². The lowest BCUT2D eigenvalue weighted by atomic mass is 10.0. The molecule has 0 aliphatic heterocycles. The second-order valence-electron chi connectivity index (χ2n) is 8.10. The summed E-state index contributed by atoms with van der Waals surface area (Å²) in [4.78, 5) is 28.7. The topological polar surface area (TPSA) is 49.4 Å². The van der Waals surface area contributed by atoms with Crippen LogP contribution in [0.4, 0.5) is 0 Å². The minimum Gasteiger partial charge on any atom is -0.354 e. The maximum Gasteiger partial charge on any atom is 0.243 e. The summed E-state index contributed by atoms with van der Waals surface area (Å²) in [7, 11) is 0. The fraction of sp³-hybridized carbons (Fsp3) is 0.259. The van der Waals surface area contributed by atoms with Gasteiger partial charge >= 0.3 is 0 Å². The normalized spacial score (nSPS) is 11.7. The van der Waals surface area contributed by atoms with E-state index in [9.17, 15) is 9.59 Å². The average Bonchev–Trinajstić information content (AvgIpc) is 2.84. The number of hydrogen-bond acceptors (Lipinski definition) is 2. The van der Waals surface area contributed by atoms with Gasteiger partial charge in [-0.25, -0.2) is 0 Å². The van der Waals surface area contributed by atoms with Crippen molar-refractivity contribution in [3.8, 4) is 0 Å². The molecule has 1 unspecified atom stereocenters. The van der Waals surface area contributed by atoms with Crippen molar-refractivity contribution in [1.82, 2.24) is 10.2 Å². The molecule has 3 aromatic rings. The van der Waals surface area contributed by atoms with Gasteiger partial charge in [-0.05, 0) is 41.8 Å². The fourth-order valence-electron chi connectivity index (χ4n) is 3.73. The Bertz CT molecular complexity index is 1130. The Balaban J connectivity index is 2.04. The number of nitrogens with one attached hydrogen (secondary N) is 1. The van der Waals surface area contributed by atoms with Crippen molar-refractivity contribution in [3.63, 3.8) is 0 Å². The van der Waals surface area contributed by atoms with Crippen LogP contribution in [0.2, 0.25) is 20.1 Å². The summed E-state index contributed by atoms with van der Waals surface area (Å²) in [5, 5.41) is 4.54. The molecule has 0 aliphatic rings. The van der Waals surface area contributed by atoms with E-state index in [1.54, 1.807) is 36.4 Å². The molecule has 1 atom stereocenters. The maximum atomic E-state index is 13.8. The molecule has 1 N–H and O–H groups in total. The molecule has 0 aliphatic carbocycles. The van der Waals surface area contributed by atoms with Gasteiger partial charge in [-0.3, -0.25) is 9.59 Å². The molecule has 0 fully saturated rings. The molecule has 0 heterocycles. The van der Waals surface area contributed by atoms with Gasteiger partial charge in [0.05, 0.1) is 6.42 Å². The zero-order chi connectivity index (χ0) is 25.4. The molecule has 4 nitrogen and oxygen atoms in total. The number of carbonyl (C=O) groups is 2. The molecule has 8 heteroatoms. The third-order valence-electron chi connectivity index (χ3n) is 5.60. The molecule has 35 heavy (non-hydrogen) atoms. The Morgan fingerprint density at radius 2 is 1.34 bits per heavy atom. The van der Waals surface area contributed by atoms with Gasteiger partial charge < -0.3 is 10.2 Å². The zero-order valence-corrected chi connectivity index (χ0v) is 22.3. The largest absolute Gasteiger partial charge is 0.354 e. The van der Waals surface area contributed by atoms with Gasteiger partial charge in [0.15, 0.2) is 0 Å². The summed E-state index contributed by atoms with van der Waals surface area (Å²) in [6, 6.07) is 19.0. The third kappa shape index (κ3) is 7.37. The van der Waals surface area contributed by atoms with Crippen LogP contribution in [-0.2, 0) is 29.0 Å². The first-order chi connectivity index (χ1) is 16.8. The van der Waals surface area contributed by atoms with Crippen molar-refractivity contribution in [3.05, 3.63) is 104 Å². The summed E-state index contributed by atoms with van der Waals surface area (Å²) >= 11 is 25.6. The van der Waals surface area contributed by atoms with E-state index in [0.717, 1.165) is 12.0 Å². The van der Waals surface area contributed by atoms with E-state index in [0.29, 0.717) is 44.2 Å². The van der Waals surface area contributed by atoms with Crippen LogP contribution in [0.25, 0.3) is 0 Å². The highest BCUT2D eigenvalue weighted by Crippen LogP contribution is 2.29. The zero-order valence-electron chi connectivity index (χ0n) is 19.2. The summed E-state index contributed by atoms with van der Waals surface area (Å²) < 4.78 is 0. The minimum absolute atomic E-state index is 0.0520. The van der Waals surface area contributed by atoms with E-state index in [1.165, 1.54) is 4.90 Å². The number of nitrogens with zero attached hydrogens (tertiary/aromatic N) is 1. The quantitative estimate of drug-likeness (QED) is 0.294. The van der Waals surface area contributed by atoms with Gasteiger partial charge in [-0.15, -0.1) is 0 Å². The molecule has 0 bridgehead atoms. The van der Waals surface area contributed by atoms with Gasteiger partial charge in [-0.2, -0.15) is 0 Å². The highest BCUT2D eigenvalue weighted by atomic mass is 35.5. The molecule has 0 spiro atoms. The standard InChI is InChI=1S/C27H26Cl4N2O2/c1-2-14-32-27(35)25(15-18-8-4-3-5-9-18)33(17-20-23(30)12-7-13-24(20)31)26(34)16-19-21(28)10-6-11-22(19)29/h3-13,25H,2,14-17H2,1H3,(H,32,35). The van der Waals surface area contributed by atoms with Gasteiger partial charge in [0.2, 0.25) is 11.8 Å². The van der Waals surface area contributed by atoms with E-state index in [-0.39, 0.29) is 24.8 Å². The van der Waals surface area contributed by atoms with Gasteiger partial charge in [0, 0.05) is 45.2 Å². The Hall–Kier alpha value is -2.24. The predicted molar refractivity (Wildman–Crippen MR) is 144 cm³/mol. The Morgan fingerprint density at radius 1 is 0.800 bits per heavy atom. The van der Waals surface area contributed by atoms with E-state index >= 15 is 0 Å². The lowest BCUT2D eigenvalue weighted by Gasteiger charge is -2.32. The Morgan fingerprint density at radius 3 is 1.89 bits per heavy atom. The SMILES string of the molecule is CCCNC(=O)C(Cc1ccccc1)N(Cc1c(Cl)cccc1Cl)C(=O)Cc1c(Cl)cccc1Cl. The summed E-state index contributed by atoms with van der Waals surface area (Å²) in [5.74, 6) is -0.568. The van der Waals surface area contributed by atoms with Crippen molar-refractivity contribution in [2.45, 2.75) is 38.8 Å². The minimum atomic E-state index is -0.801. The molecular formula is C27H26Cl4N2O2. The van der Waals surface area contributed by atoms with Crippen LogP contribution in [0.1, 0.15) is 30.0 Å². The van der Waals surface area contributed by atoms with Crippen LogP contribution in [0, 0.1) is 0 Å². The Kier molecular flexibility index (Phi) is 10.3. The van der Waals surface area contributed by atoms with Crippen molar-refractivity contribution in [2.75, 3.05) is 6.54 Å². The molecule has 2 amide bonds. The Labute approximate surface area is 226 Å². The van der Waals surface area contributed by atoms with Gasteiger partial charge in [-0.1, -0.05) is 95.8 Å². The predicted octanol–water partition coefficient (Wildman–Crippen LogP) is 7.01. The van der Waals surface area contributed by atoms with E-state index < -0.39 is 6.04 Å². The lowest BCUT2D eigenvalue weighted by Crippen LogP contribution is -2.51. The number of amides is 2. The van der Waals surface area contributed by atoms with Crippen LogP contribution >= 0.6 is 46.4 Å². The van der Waals surface area contributed by atoms with Crippen LogP contribution < -0.4 is 5.32 Å². The van der Waals surface area contributed by atoms with Crippen LogP contribution in [0.15, 0.2) is 66.7 Å². The van der Waals surface area contributed by atoms with Crippen LogP contribution in [0.5, 0.6) is 0 Å². The molecule has 0 radical (unpaired) electrons. The second kappa shape index (κ2) is 13.2. The molecule has 0 saturated heterocycles. The van der Waals surface area contributed by atoms with Gasteiger partial charge in [0.1, 0.15) is 6.04 Å². The highest BCUT2D eigenvalue weighted by molar-refractivity contribution is 6.36. The first-order valence-electron chi connectivity index (χ1n) is 11.3. The number of hydrogen-bond donors (Lipinski definition) is 1. The second-order valence-corrected chi connectivity index (χ2v) is 9.72. The van der Waals surface area contributed by atoms with E-state index in [4.69, 9.17) is 46.4 Å². The van der Waals surface area contributed by atoms with Gasteiger partial charge in [0.25, 0.3) is 0 Å². The van der Waals surface area contributed by atoms with Crippen molar-refractivity contribution in [2.24, 2.45) is 0 Å². The molecule has 3 rings (SSSR count). The van der Waals surface area contributed by atoms with Crippen LogP contribution in [0.3, 0.4) is 0 Å². The first kappa shape index (κ1) is 27.3. The maximum absolute atomic E-state index is 13.8. The average molecular weight is 552 g/mol. The third-order valence-corrected chi connectivity index (χ3v) is 7.02. The molecule has 0 aromatic heterocycles. The smallest absolute Gasteiger partial charge is 0.243 e. The monoisotopic (exact) mass is 550 g/mol. The molecular weight excluding hydrogens is 526 g/mol. The lowest BCUT2D eigenvalue weighted by molar-refractivity contribution is -0.140. The van der Waals surface area contributed by atoms with Crippen LogP contribution in [-0.4, -0.2) is 29.3 Å². The van der Waals surface area contributed by atoms with E-state index in [1.807, 2.05) is 37.3 Å². The van der Waals surface area contributed by atoms with E-state index in [2.05, 4.69) is 5.32 Å². The molecule has 3 aromatic carbocycles. The molecule has 184 valence electrons. The number of carbonyl (C=O) groups excluding carboxylic acids is 2. The summed E-state index contributed by atoms with van der Waals surface area (Å²) in [6.45, 7) is 2.52. The summed E-state index contributed by atoms with van der Waals surface area (Å²) in [6.07, 6.45) is 1.01. The first-order valence-corrected chi connectivity index (χ1v) is 12.8. The molecule has 0 saturated carbocycles.